The number of hydrogen-bond donors (Lipinski definition) is 1. The Morgan fingerprint density at radius 2 is 1.76 bits per heavy atom. The van der Waals surface area contributed by atoms with Gasteiger partial charge in [0, 0.05) is 17.3 Å². The molecule has 2 aromatic carbocycles. The van der Waals surface area contributed by atoms with Crippen LogP contribution in [0.1, 0.15) is 5.56 Å². The number of benzene rings is 2. The molecule has 124 valence electrons. The minimum absolute atomic E-state index is 0.0603. The number of allylic oxidation sites excluding steroid dienone is 1. The summed E-state index contributed by atoms with van der Waals surface area (Å²) >= 11 is 0. The minimum atomic E-state index is -0.434. The Labute approximate surface area is 145 Å². The molecule has 1 heterocycles. The maximum atomic E-state index is 11.3. The number of nitrogens with zero attached hydrogens (tertiary/aromatic N) is 2. The molecule has 0 unspecified atom stereocenters. The monoisotopic (exact) mass is 331 g/mol. The number of aromatic nitrogens is 1. The van der Waals surface area contributed by atoms with Gasteiger partial charge in [-0.25, -0.2) is 4.98 Å². The van der Waals surface area contributed by atoms with E-state index in [0.29, 0.717) is 5.69 Å². The predicted octanol–water partition coefficient (Wildman–Crippen LogP) is 5.13. The highest BCUT2D eigenvalue weighted by Crippen LogP contribution is 2.29. The number of anilines is 2. The summed E-state index contributed by atoms with van der Waals surface area (Å²) in [6.45, 7) is 3.72. The second-order valence-electron chi connectivity index (χ2n) is 5.50. The van der Waals surface area contributed by atoms with Gasteiger partial charge in [-0.2, -0.15) is 0 Å². The van der Waals surface area contributed by atoms with Gasteiger partial charge in [0.05, 0.1) is 10.6 Å². The summed E-state index contributed by atoms with van der Waals surface area (Å²) in [5.74, 6) is 0.225. The Morgan fingerprint density at radius 1 is 1.04 bits per heavy atom. The van der Waals surface area contributed by atoms with Crippen LogP contribution in [0, 0.1) is 10.1 Å². The van der Waals surface area contributed by atoms with E-state index in [-0.39, 0.29) is 11.5 Å². The lowest BCUT2D eigenvalue weighted by molar-refractivity contribution is -0.384. The zero-order chi connectivity index (χ0) is 17.6. The molecule has 0 aliphatic heterocycles. The molecule has 25 heavy (non-hydrogen) atoms. The third-order valence-electron chi connectivity index (χ3n) is 3.74. The van der Waals surface area contributed by atoms with Gasteiger partial charge in [-0.15, -0.1) is 6.58 Å². The van der Waals surface area contributed by atoms with Crippen molar-refractivity contribution in [3.63, 3.8) is 0 Å². The van der Waals surface area contributed by atoms with Gasteiger partial charge in [-0.05, 0) is 30.2 Å². The molecule has 0 amide bonds. The molecule has 3 rings (SSSR count). The molecule has 0 saturated carbocycles. The fourth-order valence-corrected chi connectivity index (χ4v) is 2.49. The molecule has 0 aliphatic carbocycles. The standard InChI is InChI=1S/C20H17N3O2/c1-2-6-15-9-11-17(12-10-15)21-20-19(23(24)25)14-13-18(22-20)16-7-4-3-5-8-16/h2-5,7-14H,1,6H2,(H,21,22). The normalized spacial score (nSPS) is 10.2. The van der Waals surface area contributed by atoms with Gasteiger partial charge in [0.1, 0.15) is 0 Å². The van der Waals surface area contributed by atoms with E-state index in [0.717, 1.165) is 23.2 Å². The van der Waals surface area contributed by atoms with Crippen molar-refractivity contribution < 1.29 is 4.92 Å². The van der Waals surface area contributed by atoms with Gasteiger partial charge in [0.2, 0.25) is 5.82 Å². The fourth-order valence-electron chi connectivity index (χ4n) is 2.49. The predicted molar refractivity (Wildman–Crippen MR) is 100.0 cm³/mol. The number of pyridine rings is 1. The van der Waals surface area contributed by atoms with Crippen molar-refractivity contribution >= 4 is 17.2 Å². The lowest BCUT2D eigenvalue weighted by atomic mass is 10.1. The van der Waals surface area contributed by atoms with Gasteiger partial charge in [-0.3, -0.25) is 10.1 Å². The first-order valence-electron chi connectivity index (χ1n) is 7.85. The van der Waals surface area contributed by atoms with Crippen molar-refractivity contribution in [3.8, 4) is 11.3 Å². The van der Waals surface area contributed by atoms with Crippen LogP contribution in [0.15, 0.2) is 79.4 Å². The lowest BCUT2D eigenvalue weighted by Crippen LogP contribution is -2.01. The summed E-state index contributed by atoms with van der Waals surface area (Å²) in [7, 11) is 0. The molecular weight excluding hydrogens is 314 g/mol. The number of hydrogen-bond acceptors (Lipinski definition) is 4. The molecule has 5 heteroatoms. The molecule has 0 saturated heterocycles. The first-order valence-corrected chi connectivity index (χ1v) is 7.85. The average molecular weight is 331 g/mol. The van der Waals surface area contributed by atoms with E-state index in [9.17, 15) is 10.1 Å². The second-order valence-corrected chi connectivity index (χ2v) is 5.50. The van der Waals surface area contributed by atoms with Crippen LogP contribution in [0.5, 0.6) is 0 Å². The van der Waals surface area contributed by atoms with Crippen LogP contribution in [0.3, 0.4) is 0 Å². The largest absolute Gasteiger partial charge is 0.334 e. The molecule has 1 N–H and O–H groups in total. The maximum Gasteiger partial charge on any atom is 0.311 e. The molecule has 0 radical (unpaired) electrons. The van der Waals surface area contributed by atoms with Crippen molar-refractivity contribution in [1.82, 2.24) is 4.98 Å². The van der Waals surface area contributed by atoms with Gasteiger partial charge in [0.15, 0.2) is 0 Å². The summed E-state index contributed by atoms with van der Waals surface area (Å²) in [6.07, 6.45) is 2.61. The van der Waals surface area contributed by atoms with Gasteiger partial charge < -0.3 is 5.32 Å². The van der Waals surface area contributed by atoms with Crippen LogP contribution in [0.2, 0.25) is 0 Å². The third kappa shape index (κ3) is 3.90. The minimum Gasteiger partial charge on any atom is -0.334 e. The highest BCUT2D eigenvalue weighted by atomic mass is 16.6. The summed E-state index contributed by atoms with van der Waals surface area (Å²) in [5.41, 5.74) is 3.39. The fraction of sp³-hybridized carbons (Fsp3) is 0.0500. The van der Waals surface area contributed by atoms with E-state index >= 15 is 0 Å². The third-order valence-corrected chi connectivity index (χ3v) is 3.74. The van der Waals surface area contributed by atoms with Crippen LogP contribution in [0.25, 0.3) is 11.3 Å². The Hall–Kier alpha value is -3.47. The van der Waals surface area contributed by atoms with E-state index in [4.69, 9.17) is 0 Å². The highest BCUT2D eigenvalue weighted by molar-refractivity contribution is 5.70. The summed E-state index contributed by atoms with van der Waals surface area (Å²) in [6, 6.07) is 20.4. The zero-order valence-electron chi connectivity index (χ0n) is 13.6. The van der Waals surface area contributed by atoms with Crippen molar-refractivity contribution in [2.75, 3.05) is 5.32 Å². The smallest absolute Gasteiger partial charge is 0.311 e. The summed E-state index contributed by atoms with van der Waals surface area (Å²) in [5, 5.41) is 14.4. The molecule has 0 spiro atoms. The van der Waals surface area contributed by atoms with E-state index in [2.05, 4.69) is 16.9 Å². The Bertz CT molecular complexity index is 891. The zero-order valence-corrected chi connectivity index (χ0v) is 13.6. The average Bonchev–Trinajstić information content (AvgIpc) is 2.64. The molecule has 0 aliphatic rings. The van der Waals surface area contributed by atoms with Crippen molar-refractivity contribution in [2.45, 2.75) is 6.42 Å². The van der Waals surface area contributed by atoms with Crippen molar-refractivity contribution in [3.05, 3.63) is 95.1 Å². The van der Waals surface area contributed by atoms with Crippen LogP contribution in [0.4, 0.5) is 17.2 Å². The molecule has 0 bridgehead atoms. The molecule has 5 nitrogen and oxygen atoms in total. The first-order chi connectivity index (χ1) is 12.2. The Morgan fingerprint density at radius 3 is 2.40 bits per heavy atom. The maximum absolute atomic E-state index is 11.3. The van der Waals surface area contributed by atoms with Crippen LogP contribution in [-0.2, 0) is 6.42 Å². The van der Waals surface area contributed by atoms with Crippen LogP contribution < -0.4 is 5.32 Å². The SMILES string of the molecule is C=CCc1ccc(Nc2nc(-c3ccccc3)ccc2[N+](=O)[O-])cc1. The Balaban J connectivity index is 1.95. The Kier molecular flexibility index (Phi) is 4.85. The molecular formula is C20H17N3O2. The lowest BCUT2D eigenvalue weighted by Gasteiger charge is -2.09. The van der Waals surface area contributed by atoms with E-state index in [1.807, 2.05) is 60.7 Å². The van der Waals surface area contributed by atoms with E-state index < -0.39 is 4.92 Å². The van der Waals surface area contributed by atoms with E-state index in [1.165, 1.54) is 6.07 Å². The number of rotatable bonds is 6. The number of nitrogens with one attached hydrogen (secondary N) is 1. The number of nitro groups is 1. The van der Waals surface area contributed by atoms with Gasteiger partial charge in [-0.1, -0.05) is 48.5 Å². The van der Waals surface area contributed by atoms with Gasteiger partial charge in [0.25, 0.3) is 0 Å². The van der Waals surface area contributed by atoms with Crippen LogP contribution >= 0.6 is 0 Å². The van der Waals surface area contributed by atoms with Gasteiger partial charge >= 0.3 is 5.69 Å². The molecule has 0 fully saturated rings. The quantitative estimate of drug-likeness (QED) is 0.386. The van der Waals surface area contributed by atoms with E-state index in [1.54, 1.807) is 6.07 Å². The molecule has 1 aromatic heterocycles. The van der Waals surface area contributed by atoms with Crippen LogP contribution in [-0.4, -0.2) is 9.91 Å². The first kappa shape index (κ1) is 16.4. The topological polar surface area (TPSA) is 68.1 Å². The molecule has 0 atom stereocenters. The molecule has 3 aromatic rings. The highest BCUT2D eigenvalue weighted by Gasteiger charge is 2.16. The second kappa shape index (κ2) is 7.40. The van der Waals surface area contributed by atoms with Crippen molar-refractivity contribution in [2.24, 2.45) is 0 Å². The van der Waals surface area contributed by atoms with Crippen molar-refractivity contribution in [1.29, 1.82) is 0 Å². The summed E-state index contributed by atoms with van der Waals surface area (Å²) in [4.78, 5) is 15.3. The summed E-state index contributed by atoms with van der Waals surface area (Å²) < 4.78 is 0.